The van der Waals surface area contributed by atoms with E-state index in [0.29, 0.717) is 12.7 Å². The quantitative estimate of drug-likeness (QED) is 0.686. The number of carbonyl (C=O) groups excluding carboxylic acids is 1. The van der Waals surface area contributed by atoms with Gasteiger partial charge in [-0.1, -0.05) is 42.5 Å². The van der Waals surface area contributed by atoms with E-state index < -0.39 is 5.97 Å². The van der Waals surface area contributed by atoms with Crippen LogP contribution in [0.15, 0.2) is 48.8 Å². The Morgan fingerprint density at radius 1 is 1.24 bits per heavy atom. The van der Waals surface area contributed by atoms with Crippen LogP contribution in [0.3, 0.4) is 0 Å². The summed E-state index contributed by atoms with van der Waals surface area (Å²) in [6.07, 6.45) is 3.85. The summed E-state index contributed by atoms with van der Waals surface area (Å²) in [5, 5.41) is 6.79. The van der Waals surface area contributed by atoms with Crippen LogP contribution < -0.4 is 0 Å². The number of methoxy groups -OCH3 is 1. The topological polar surface area (TPSA) is 60.2 Å². The number of fused-ring (bicyclic) bond motifs is 1. The van der Waals surface area contributed by atoms with E-state index in [0.717, 1.165) is 19.4 Å². The highest BCUT2D eigenvalue weighted by atomic mass is 16.5. The van der Waals surface area contributed by atoms with Crippen LogP contribution in [0.1, 0.15) is 35.1 Å². The SMILES string of the molecule is COC(=O)c1ncn(CN2CCC[C@H]2c2cccc3ccccc23)n1. The molecule has 3 aromatic rings. The number of esters is 1. The molecule has 25 heavy (non-hydrogen) atoms. The van der Waals surface area contributed by atoms with Crippen molar-refractivity contribution in [2.24, 2.45) is 0 Å². The Morgan fingerprint density at radius 2 is 2.08 bits per heavy atom. The summed E-state index contributed by atoms with van der Waals surface area (Å²) < 4.78 is 6.37. The molecule has 6 nitrogen and oxygen atoms in total. The lowest BCUT2D eigenvalue weighted by molar-refractivity contribution is 0.0585. The van der Waals surface area contributed by atoms with Crippen molar-refractivity contribution >= 4 is 16.7 Å². The van der Waals surface area contributed by atoms with Crippen LogP contribution in [0.4, 0.5) is 0 Å². The highest BCUT2D eigenvalue weighted by Gasteiger charge is 2.27. The van der Waals surface area contributed by atoms with Gasteiger partial charge in [0.25, 0.3) is 5.82 Å². The molecule has 1 atom stereocenters. The molecule has 0 radical (unpaired) electrons. The van der Waals surface area contributed by atoms with Crippen molar-refractivity contribution in [3.05, 3.63) is 60.2 Å². The minimum Gasteiger partial charge on any atom is -0.463 e. The summed E-state index contributed by atoms with van der Waals surface area (Å²) in [6.45, 7) is 1.61. The van der Waals surface area contributed by atoms with E-state index in [-0.39, 0.29) is 5.82 Å². The molecule has 0 spiro atoms. The molecular formula is C19H20N4O2. The van der Waals surface area contributed by atoms with Crippen LogP contribution >= 0.6 is 0 Å². The summed E-state index contributed by atoms with van der Waals surface area (Å²) in [7, 11) is 1.33. The van der Waals surface area contributed by atoms with E-state index in [1.165, 1.54) is 23.4 Å². The van der Waals surface area contributed by atoms with Crippen LogP contribution in [0.2, 0.25) is 0 Å². The summed E-state index contributed by atoms with van der Waals surface area (Å²) in [6, 6.07) is 15.3. The van der Waals surface area contributed by atoms with Crippen molar-refractivity contribution in [1.29, 1.82) is 0 Å². The smallest absolute Gasteiger partial charge is 0.377 e. The maximum atomic E-state index is 11.5. The van der Waals surface area contributed by atoms with Gasteiger partial charge in [0.1, 0.15) is 6.33 Å². The normalized spacial score (nSPS) is 17.9. The first-order valence-electron chi connectivity index (χ1n) is 8.46. The fraction of sp³-hybridized carbons (Fsp3) is 0.316. The third-order valence-electron chi connectivity index (χ3n) is 4.78. The number of aromatic nitrogens is 3. The lowest BCUT2D eigenvalue weighted by atomic mass is 9.97. The van der Waals surface area contributed by atoms with Gasteiger partial charge >= 0.3 is 5.97 Å². The number of likely N-dealkylation sites (tertiary alicyclic amines) is 1. The molecule has 0 saturated carbocycles. The zero-order valence-corrected chi connectivity index (χ0v) is 14.1. The van der Waals surface area contributed by atoms with Gasteiger partial charge in [0.05, 0.1) is 13.8 Å². The molecule has 2 heterocycles. The standard InChI is InChI=1S/C19H20N4O2/c1-25-19(24)18-20-12-23(21-18)13-22-11-5-10-17(22)16-9-4-7-14-6-2-3-8-15(14)16/h2-4,6-9,12,17H,5,10-11,13H2,1H3/t17-/m0/s1. The first kappa shape index (κ1) is 15.8. The monoisotopic (exact) mass is 336 g/mol. The highest BCUT2D eigenvalue weighted by molar-refractivity contribution is 5.86. The molecule has 1 aliphatic rings. The Labute approximate surface area is 146 Å². The van der Waals surface area contributed by atoms with Crippen molar-refractivity contribution in [3.63, 3.8) is 0 Å². The number of rotatable bonds is 4. The number of hydrogen-bond acceptors (Lipinski definition) is 5. The molecule has 0 bridgehead atoms. The number of carbonyl (C=O) groups is 1. The van der Waals surface area contributed by atoms with Crippen molar-refractivity contribution in [3.8, 4) is 0 Å². The molecule has 6 heteroatoms. The highest BCUT2D eigenvalue weighted by Crippen LogP contribution is 2.36. The van der Waals surface area contributed by atoms with Gasteiger partial charge in [-0.15, -0.1) is 5.10 Å². The van der Waals surface area contributed by atoms with Crippen molar-refractivity contribution < 1.29 is 9.53 Å². The fourth-order valence-electron chi connectivity index (χ4n) is 3.62. The minimum atomic E-state index is -0.509. The van der Waals surface area contributed by atoms with E-state index in [9.17, 15) is 4.79 Å². The molecule has 1 fully saturated rings. The van der Waals surface area contributed by atoms with Crippen LogP contribution in [0.25, 0.3) is 10.8 Å². The second kappa shape index (κ2) is 6.64. The van der Waals surface area contributed by atoms with Gasteiger partial charge in [-0.3, -0.25) is 4.90 Å². The molecule has 128 valence electrons. The summed E-state index contributed by atoms with van der Waals surface area (Å²) in [4.78, 5) is 17.9. The second-order valence-corrected chi connectivity index (χ2v) is 6.28. The molecule has 0 unspecified atom stereocenters. The second-order valence-electron chi connectivity index (χ2n) is 6.28. The van der Waals surface area contributed by atoms with Gasteiger partial charge in [-0.25, -0.2) is 14.5 Å². The third-order valence-corrected chi connectivity index (χ3v) is 4.78. The fourth-order valence-corrected chi connectivity index (χ4v) is 3.62. The molecule has 1 aromatic heterocycles. The number of ether oxygens (including phenoxy) is 1. The number of benzene rings is 2. The van der Waals surface area contributed by atoms with Gasteiger partial charge < -0.3 is 4.74 Å². The Morgan fingerprint density at radius 3 is 2.96 bits per heavy atom. The number of hydrogen-bond donors (Lipinski definition) is 0. The Bertz CT molecular complexity index is 900. The Hall–Kier alpha value is -2.73. The lowest BCUT2D eigenvalue weighted by Gasteiger charge is -2.25. The molecule has 0 aliphatic carbocycles. The Kier molecular flexibility index (Phi) is 4.19. The van der Waals surface area contributed by atoms with Crippen molar-refractivity contribution in [1.82, 2.24) is 19.7 Å². The lowest BCUT2D eigenvalue weighted by Crippen LogP contribution is -2.26. The zero-order chi connectivity index (χ0) is 17.2. The van der Waals surface area contributed by atoms with E-state index >= 15 is 0 Å². The molecule has 1 aliphatic heterocycles. The van der Waals surface area contributed by atoms with Crippen LogP contribution in [0.5, 0.6) is 0 Å². The molecule has 0 amide bonds. The minimum absolute atomic E-state index is 0.100. The average Bonchev–Trinajstić information content (AvgIpc) is 3.30. The number of nitrogens with zero attached hydrogens (tertiary/aromatic N) is 4. The third kappa shape index (κ3) is 3.00. The van der Waals surface area contributed by atoms with E-state index in [4.69, 9.17) is 0 Å². The predicted octanol–water partition coefficient (Wildman–Crippen LogP) is 3.01. The summed E-state index contributed by atoms with van der Waals surface area (Å²) in [5.74, 6) is -0.408. The van der Waals surface area contributed by atoms with Gasteiger partial charge in [0, 0.05) is 12.6 Å². The van der Waals surface area contributed by atoms with E-state index in [1.807, 2.05) is 0 Å². The maximum Gasteiger partial charge on any atom is 0.377 e. The van der Waals surface area contributed by atoms with Crippen molar-refractivity contribution in [2.45, 2.75) is 25.6 Å². The van der Waals surface area contributed by atoms with Gasteiger partial charge in [0.15, 0.2) is 0 Å². The predicted molar refractivity (Wildman–Crippen MR) is 94.0 cm³/mol. The van der Waals surface area contributed by atoms with E-state index in [2.05, 4.69) is 62.2 Å². The van der Waals surface area contributed by atoms with Gasteiger partial charge in [-0.2, -0.15) is 0 Å². The first-order valence-corrected chi connectivity index (χ1v) is 8.46. The zero-order valence-electron chi connectivity index (χ0n) is 14.1. The molecule has 4 rings (SSSR count). The Balaban J connectivity index is 1.60. The molecule has 2 aromatic carbocycles. The molecule has 0 N–H and O–H groups in total. The molecular weight excluding hydrogens is 316 g/mol. The largest absolute Gasteiger partial charge is 0.463 e. The maximum absolute atomic E-state index is 11.5. The average molecular weight is 336 g/mol. The molecule has 1 saturated heterocycles. The van der Waals surface area contributed by atoms with E-state index in [1.54, 1.807) is 11.0 Å². The summed E-state index contributed by atoms with van der Waals surface area (Å²) in [5.41, 5.74) is 1.35. The summed E-state index contributed by atoms with van der Waals surface area (Å²) >= 11 is 0. The van der Waals surface area contributed by atoms with Crippen LogP contribution in [0, 0.1) is 0 Å². The van der Waals surface area contributed by atoms with Gasteiger partial charge in [-0.05, 0) is 29.2 Å². The van der Waals surface area contributed by atoms with Crippen LogP contribution in [-0.2, 0) is 11.4 Å². The first-order chi connectivity index (χ1) is 12.3. The van der Waals surface area contributed by atoms with Gasteiger partial charge in [0.2, 0.25) is 0 Å². The van der Waals surface area contributed by atoms with Crippen molar-refractivity contribution in [2.75, 3.05) is 13.7 Å². The van der Waals surface area contributed by atoms with Crippen LogP contribution in [-0.4, -0.2) is 39.3 Å².